The molecule has 0 fully saturated rings. The van der Waals surface area contributed by atoms with Gasteiger partial charge in [-0.2, -0.15) is 0 Å². The van der Waals surface area contributed by atoms with Gasteiger partial charge in [0.1, 0.15) is 5.69 Å². The molecule has 4 nitrogen and oxygen atoms in total. The standard InChI is InChI=1S/C18H16N2O2S/c1-21-14-6-4-11(8-15(14)22-2)10-3-5-13-12(7-10)9-16-17(13)20-18(19)23-16/h3-8H,9H2,1-2H3,(H2,19,20)/p+1. The Labute approximate surface area is 138 Å². The summed E-state index contributed by atoms with van der Waals surface area (Å²) in [6.45, 7) is 0. The van der Waals surface area contributed by atoms with Crippen LogP contribution in [0.5, 0.6) is 11.5 Å². The van der Waals surface area contributed by atoms with Crippen LogP contribution in [-0.2, 0) is 6.42 Å². The lowest BCUT2D eigenvalue weighted by molar-refractivity contribution is -0.340. The Morgan fingerprint density at radius 2 is 1.74 bits per heavy atom. The van der Waals surface area contributed by atoms with Crippen molar-refractivity contribution in [3.05, 3.63) is 46.8 Å². The van der Waals surface area contributed by atoms with E-state index in [1.807, 2.05) is 12.1 Å². The third kappa shape index (κ3) is 2.24. The molecular formula is C18H17N2O2S+. The number of fused-ring (bicyclic) bond motifs is 3. The summed E-state index contributed by atoms with van der Waals surface area (Å²) >= 11 is 1.63. The van der Waals surface area contributed by atoms with Crippen molar-refractivity contribution in [2.24, 2.45) is 0 Å². The second kappa shape index (κ2) is 5.28. The minimum Gasteiger partial charge on any atom is -0.493 e. The van der Waals surface area contributed by atoms with Crippen molar-refractivity contribution < 1.29 is 14.5 Å². The second-order valence-electron chi connectivity index (χ2n) is 5.51. The fourth-order valence-corrected chi connectivity index (χ4v) is 4.01. The first kappa shape index (κ1) is 14.1. The highest BCUT2D eigenvalue weighted by Gasteiger charge is 2.25. The largest absolute Gasteiger partial charge is 0.493 e. The highest BCUT2D eigenvalue weighted by Crippen LogP contribution is 2.40. The van der Waals surface area contributed by atoms with Crippen molar-refractivity contribution in [3.8, 4) is 33.9 Å². The maximum absolute atomic E-state index is 5.86. The van der Waals surface area contributed by atoms with Gasteiger partial charge in [0, 0.05) is 12.0 Å². The molecule has 0 bridgehead atoms. The molecule has 0 atom stereocenters. The number of benzene rings is 2. The van der Waals surface area contributed by atoms with E-state index < -0.39 is 0 Å². The molecule has 23 heavy (non-hydrogen) atoms. The summed E-state index contributed by atoms with van der Waals surface area (Å²) in [5.74, 6) is 1.48. The van der Waals surface area contributed by atoms with Gasteiger partial charge in [-0.25, -0.2) is 4.98 Å². The quantitative estimate of drug-likeness (QED) is 0.628. The molecule has 0 spiro atoms. The number of nitrogens with one attached hydrogen (secondary N) is 1. The van der Waals surface area contributed by atoms with Crippen LogP contribution < -0.4 is 20.2 Å². The SMILES string of the molecule is COc1ccc(-c2ccc3c(c2)Cc2sc(N)[nH+]c2-3)cc1OC. The third-order valence-electron chi connectivity index (χ3n) is 4.20. The predicted octanol–water partition coefficient (Wildman–Crippen LogP) is 3.40. The summed E-state index contributed by atoms with van der Waals surface area (Å²) in [6.07, 6.45) is 0.935. The molecule has 0 unspecified atom stereocenters. The van der Waals surface area contributed by atoms with Crippen molar-refractivity contribution in [2.45, 2.75) is 6.42 Å². The maximum Gasteiger partial charge on any atom is 0.330 e. The van der Waals surface area contributed by atoms with E-state index in [1.165, 1.54) is 27.3 Å². The van der Waals surface area contributed by atoms with Crippen LogP contribution in [0.25, 0.3) is 22.4 Å². The molecule has 5 heteroatoms. The zero-order chi connectivity index (χ0) is 16.0. The van der Waals surface area contributed by atoms with Gasteiger partial charge in [0.15, 0.2) is 11.5 Å². The van der Waals surface area contributed by atoms with Crippen molar-refractivity contribution in [1.82, 2.24) is 0 Å². The minimum absolute atomic E-state index is 0.740. The lowest BCUT2D eigenvalue weighted by Crippen LogP contribution is -2.06. The van der Waals surface area contributed by atoms with E-state index >= 15 is 0 Å². The average molecular weight is 325 g/mol. The van der Waals surface area contributed by atoms with Crippen molar-refractivity contribution in [2.75, 3.05) is 20.0 Å². The first-order chi connectivity index (χ1) is 11.2. The molecule has 0 saturated heterocycles. The number of H-pyrrole nitrogens is 1. The normalized spacial score (nSPS) is 11.9. The Kier molecular flexibility index (Phi) is 3.23. The summed E-state index contributed by atoms with van der Waals surface area (Å²) in [6, 6.07) is 12.5. The molecule has 0 saturated carbocycles. The lowest BCUT2D eigenvalue weighted by atomic mass is 10.00. The molecule has 3 N–H and O–H groups in total. The van der Waals surface area contributed by atoms with Gasteiger partial charge in [-0.05, 0) is 34.9 Å². The predicted molar refractivity (Wildman–Crippen MR) is 92.1 cm³/mol. The Bertz CT molecular complexity index is 902. The number of nitrogen functional groups attached to an aromatic ring is 1. The molecule has 116 valence electrons. The number of thiazole rings is 1. The summed E-state index contributed by atoms with van der Waals surface area (Å²) in [5, 5.41) is 0.768. The van der Waals surface area contributed by atoms with E-state index in [4.69, 9.17) is 15.2 Å². The number of aromatic amines is 1. The minimum atomic E-state index is 0.740. The number of methoxy groups -OCH3 is 2. The second-order valence-corrected chi connectivity index (χ2v) is 6.64. The molecule has 0 aliphatic heterocycles. The lowest BCUT2D eigenvalue weighted by Gasteiger charge is -2.10. The van der Waals surface area contributed by atoms with Crippen LogP contribution in [0.3, 0.4) is 0 Å². The first-order valence-corrected chi connectivity index (χ1v) is 8.17. The Morgan fingerprint density at radius 1 is 1.00 bits per heavy atom. The smallest absolute Gasteiger partial charge is 0.330 e. The van der Waals surface area contributed by atoms with Crippen LogP contribution in [0.15, 0.2) is 36.4 Å². The molecule has 0 amide bonds. The van der Waals surface area contributed by atoms with E-state index in [-0.39, 0.29) is 0 Å². The first-order valence-electron chi connectivity index (χ1n) is 7.35. The molecule has 1 aliphatic carbocycles. The zero-order valence-corrected chi connectivity index (χ0v) is 13.8. The van der Waals surface area contributed by atoms with E-state index in [1.54, 1.807) is 25.6 Å². The number of hydrogen-bond acceptors (Lipinski definition) is 4. The molecule has 0 radical (unpaired) electrons. The van der Waals surface area contributed by atoms with Crippen LogP contribution >= 0.6 is 11.3 Å². The molecule has 1 aromatic heterocycles. The number of nitrogens with two attached hydrogens (primary N) is 1. The fourth-order valence-electron chi connectivity index (χ4n) is 3.10. The molecule has 2 aromatic carbocycles. The summed E-state index contributed by atoms with van der Waals surface area (Å²) in [5.41, 5.74) is 11.9. The monoisotopic (exact) mass is 325 g/mol. The van der Waals surface area contributed by atoms with Crippen molar-refractivity contribution >= 4 is 16.5 Å². The van der Waals surface area contributed by atoms with Crippen LogP contribution in [0.1, 0.15) is 10.4 Å². The molecule has 3 aromatic rings. The molecule has 4 rings (SSSR count). The van der Waals surface area contributed by atoms with Gasteiger partial charge in [0.05, 0.1) is 19.1 Å². The van der Waals surface area contributed by atoms with E-state index in [2.05, 4.69) is 29.2 Å². The molecular weight excluding hydrogens is 308 g/mol. The van der Waals surface area contributed by atoms with Crippen LogP contribution in [-0.4, -0.2) is 14.2 Å². The van der Waals surface area contributed by atoms with Gasteiger partial charge in [-0.3, -0.25) is 5.73 Å². The van der Waals surface area contributed by atoms with E-state index in [0.717, 1.165) is 28.6 Å². The Hall–Kier alpha value is -2.53. The van der Waals surface area contributed by atoms with E-state index in [9.17, 15) is 0 Å². The number of rotatable bonds is 3. The number of ether oxygens (including phenoxy) is 2. The van der Waals surface area contributed by atoms with Gasteiger partial charge < -0.3 is 9.47 Å². The van der Waals surface area contributed by atoms with Crippen LogP contribution in [0.4, 0.5) is 5.13 Å². The van der Waals surface area contributed by atoms with Crippen molar-refractivity contribution in [3.63, 3.8) is 0 Å². The highest BCUT2D eigenvalue weighted by molar-refractivity contribution is 7.15. The molecule has 1 heterocycles. The molecule has 1 aliphatic rings. The van der Waals surface area contributed by atoms with Gasteiger partial charge in [0.2, 0.25) is 0 Å². The summed E-state index contributed by atoms with van der Waals surface area (Å²) in [4.78, 5) is 4.57. The average Bonchev–Trinajstić information content (AvgIpc) is 3.09. The van der Waals surface area contributed by atoms with Gasteiger partial charge in [-0.15, -0.1) is 0 Å². The van der Waals surface area contributed by atoms with Gasteiger partial charge in [0.25, 0.3) is 0 Å². The Morgan fingerprint density at radius 3 is 2.52 bits per heavy atom. The summed E-state index contributed by atoms with van der Waals surface area (Å²) < 4.78 is 10.7. The van der Waals surface area contributed by atoms with E-state index in [0.29, 0.717) is 0 Å². The fraction of sp³-hybridized carbons (Fsp3) is 0.167. The maximum atomic E-state index is 5.86. The van der Waals surface area contributed by atoms with Gasteiger partial charge >= 0.3 is 5.13 Å². The van der Waals surface area contributed by atoms with Crippen molar-refractivity contribution in [1.29, 1.82) is 0 Å². The highest BCUT2D eigenvalue weighted by atomic mass is 32.1. The Balaban J connectivity index is 1.75. The summed E-state index contributed by atoms with van der Waals surface area (Å²) in [7, 11) is 3.30. The number of hydrogen-bond donors (Lipinski definition) is 1. The number of anilines is 1. The topological polar surface area (TPSA) is 58.6 Å². The van der Waals surface area contributed by atoms with Gasteiger partial charge in [-0.1, -0.05) is 29.5 Å². The van der Waals surface area contributed by atoms with Crippen LogP contribution in [0, 0.1) is 0 Å². The third-order valence-corrected chi connectivity index (χ3v) is 5.12. The number of aromatic nitrogens is 1. The van der Waals surface area contributed by atoms with Crippen LogP contribution in [0.2, 0.25) is 0 Å². The zero-order valence-electron chi connectivity index (χ0n) is 13.0.